The van der Waals surface area contributed by atoms with E-state index < -0.39 is 0 Å². The van der Waals surface area contributed by atoms with Gasteiger partial charge < -0.3 is 9.36 Å². The minimum absolute atomic E-state index is 0.192. The van der Waals surface area contributed by atoms with Gasteiger partial charge in [0.15, 0.2) is 0 Å². The van der Waals surface area contributed by atoms with Crippen molar-refractivity contribution < 1.29 is 4.79 Å². The zero-order valence-electron chi connectivity index (χ0n) is 8.45. The van der Waals surface area contributed by atoms with Gasteiger partial charge in [-0.1, -0.05) is 0 Å². The van der Waals surface area contributed by atoms with Crippen LogP contribution in [0.4, 0.5) is 0 Å². The second kappa shape index (κ2) is 3.44. The first-order valence-corrected chi connectivity index (χ1v) is 6.29. The van der Waals surface area contributed by atoms with Crippen LogP contribution in [0.1, 0.15) is 36.7 Å². The molecule has 0 saturated heterocycles. The molecule has 0 N–H and O–H groups in total. The number of rotatable bonds is 2. The first-order valence-electron chi connectivity index (χ1n) is 5.49. The van der Waals surface area contributed by atoms with Gasteiger partial charge in [0.1, 0.15) is 16.7 Å². The number of carbonyl (C=O) groups is 1. The third-order valence-electron chi connectivity index (χ3n) is 3.37. The molecule has 3 nitrogen and oxygen atoms in total. The SMILES string of the molecule is O=CC1CCn2c(C3CC3)nc(Br)c2C1. The zero-order valence-corrected chi connectivity index (χ0v) is 10.0. The molecule has 0 aromatic carbocycles. The third-order valence-corrected chi connectivity index (χ3v) is 4.00. The fourth-order valence-corrected chi connectivity index (χ4v) is 2.89. The van der Waals surface area contributed by atoms with Crippen LogP contribution in [0.3, 0.4) is 0 Å². The molecule has 0 radical (unpaired) electrons. The Bertz CT molecular complexity index is 409. The minimum Gasteiger partial charge on any atom is -0.331 e. The lowest BCUT2D eigenvalue weighted by atomic mass is 9.98. The van der Waals surface area contributed by atoms with Crippen LogP contribution in [-0.2, 0) is 17.8 Å². The first kappa shape index (κ1) is 9.58. The topological polar surface area (TPSA) is 34.9 Å². The van der Waals surface area contributed by atoms with Crippen molar-refractivity contribution in [1.82, 2.24) is 9.55 Å². The van der Waals surface area contributed by atoms with Gasteiger partial charge in [0.2, 0.25) is 0 Å². The smallest absolute Gasteiger partial charge is 0.127 e. The van der Waals surface area contributed by atoms with Crippen LogP contribution in [0.2, 0.25) is 0 Å². The standard InChI is InChI=1S/C11H13BrN2O/c12-10-9-5-7(6-15)3-4-14(9)11(13-10)8-1-2-8/h6-8H,1-5H2. The van der Waals surface area contributed by atoms with Gasteiger partial charge in [0.05, 0.1) is 5.69 Å². The number of hydrogen-bond donors (Lipinski definition) is 0. The van der Waals surface area contributed by atoms with Crippen LogP contribution >= 0.6 is 15.9 Å². The Hall–Kier alpha value is -0.640. The summed E-state index contributed by atoms with van der Waals surface area (Å²) in [6, 6.07) is 0. The summed E-state index contributed by atoms with van der Waals surface area (Å²) < 4.78 is 3.28. The molecule has 1 aromatic rings. The molecule has 1 fully saturated rings. The highest BCUT2D eigenvalue weighted by molar-refractivity contribution is 9.10. The molecule has 1 unspecified atom stereocenters. The fourth-order valence-electron chi connectivity index (χ4n) is 2.33. The van der Waals surface area contributed by atoms with Crippen LogP contribution in [0, 0.1) is 5.92 Å². The van der Waals surface area contributed by atoms with E-state index in [0.29, 0.717) is 5.92 Å². The number of aromatic nitrogens is 2. The number of imidazole rings is 1. The van der Waals surface area contributed by atoms with E-state index >= 15 is 0 Å². The summed E-state index contributed by atoms with van der Waals surface area (Å²) in [5, 5.41) is 0. The molecule has 15 heavy (non-hydrogen) atoms. The van der Waals surface area contributed by atoms with Gasteiger partial charge in [-0.05, 0) is 41.6 Å². The highest BCUT2D eigenvalue weighted by Crippen LogP contribution is 2.42. The first-order chi connectivity index (χ1) is 7.29. The molecule has 1 aromatic heterocycles. The van der Waals surface area contributed by atoms with Gasteiger partial charge in [-0.3, -0.25) is 0 Å². The van der Waals surface area contributed by atoms with Crippen molar-refractivity contribution in [3.05, 3.63) is 16.1 Å². The van der Waals surface area contributed by atoms with Gasteiger partial charge in [-0.15, -0.1) is 0 Å². The number of aldehydes is 1. The molecule has 0 bridgehead atoms. The molecular weight excluding hydrogens is 256 g/mol. The van der Waals surface area contributed by atoms with Gasteiger partial charge >= 0.3 is 0 Å². The van der Waals surface area contributed by atoms with E-state index in [-0.39, 0.29) is 5.92 Å². The van der Waals surface area contributed by atoms with Gasteiger partial charge in [0, 0.05) is 18.4 Å². The molecule has 1 atom stereocenters. The van der Waals surface area contributed by atoms with Crippen molar-refractivity contribution >= 4 is 22.2 Å². The molecule has 4 heteroatoms. The largest absolute Gasteiger partial charge is 0.331 e. The highest BCUT2D eigenvalue weighted by atomic mass is 79.9. The van der Waals surface area contributed by atoms with Crippen LogP contribution < -0.4 is 0 Å². The monoisotopic (exact) mass is 268 g/mol. The van der Waals surface area contributed by atoms with E-state index in [4.69, 9.17) is 0 Å². The lowest BCUT2D eigenvalue weighted by molar-refractivity contribution is -0.111. The molecule has 2 aliphatic rings. The molecule has 1 aliphatic carbocycles. The lowest BCUT2D eigenvalue weighted by Gasteiger charge is -2.21. The maximum Gasteiger partial charge on any atom is 0.127 e. The van der Waals surface area contributed by atoms with E-state index in [1.54, 1.807) is 0 Å². The van der Waals surface area contributed by atoms with Crippen LogP contribution in [0.25, 0.3) is 0 Å². The molecule has 0 spiro atoms. The van der Waals surface area contributed by atoms with Gasteiger partial charge in [-0.25, -0.2) is 4.98 Å². The number of halogens is 1. The molecule has 3 rings (SSSR count). The second-order valence-corrected chi connectivity index (χ2v) is 5.27. The van der Waals surface area contributed by atoms with Crippen molar-refractivity contribution in [2.75, 3.05) is 0 Å². The van der Waals surface area contributed by atoms with Gasteiger partial charge in [0.25, 0.3) is 0 Å². The van der Waals surface area contributed by atoms with Crippen molar-refractivity contribution in [3.8, 4) is 0 Å². The van der Waals surface area contributed by atoms with E-state index in [0.717, 1.165) is 30.3 Å². The average Bonchev–Trinajstić information content (AvgIpc) is 3.05. The molecule has 2 heterocycles. The summed E-state index contributed by atoms with van der Waals surface area (Å²) >= 11 is 3.51. The Kier molecular flexibility index (Phi) is 2.20. The van der Waals surface area contributed by atoms with E-state index in [9.17, 15) is 4.79 Å². The number of hydrogen-bond acceptors (Lipinski definition) is 2. The second-order valence-electron chi connectivity index (χ2n) is 4.52. The Morgan fingerprint density at radius 2 is 2.20 bits per heavy atom. The molecule has 1 aliphatic heterocycles. The van der Waals surface area contributed by atoms with Gasteiger partial charge in [-0.2, -0.15) is 0 Å². The van der Waals surface area contributed by atoms with Crippen LogP contribution in [0.15, 0.2) is 4.60 Å². The van der Waals surface area contributed by atoms with E-state index in [1.165, 1.54) is 24.4 Å². The Morgan fingerprint density at radius 3 is 2.87 bits per heavy atom. The quantitative estimate of drug-likeness (QED) is 0.772. The van der Waals surface area contributed by atoms with E-state index in [1.807, 2.05) is 0 Å². The summed E-state index contributed by atoms with van der Waals surface area (Å²) in [5.41, 5.74) is 1.22. The van der Waals surface area contributed by atoms with E-state index in [2.05, 4.69) is 25.5 Å². The minimum atomic E-state index is 0.192. The van der Waals surface area contributed by atoms with Crippen molar-refractivity contribution in [2.24, 2.45) is 5.92 Å². The summed E-state index contributed by atoms with van der Waals surface area (Å²) in [5.74, 6) is 2.11. The lowest BCUT2D eigenvalue weighted by Crippen LogP contribution is -2.21. The molecular formula is C11H13BrN2O. The predicted octanol–water partition coefficient (Wildman–Crippen LogP) is 2.28. The van der Waals surface area contributed by atoms with Crippen molar-refractivity contribution in [1.29, 1.82) is 0 Å². The number of nitrogens with zero attached hydrogens (tertiary/aromatic N) is 2. The molecule has 0 amide bonds. The summed E-state index contributed by atoms with van der Waals surface area (Å²) in [6.07, 6.45) is 5.46. The average molecular weight is 269 g/mol. The Balaban J connectivity index is 1.99. The highest BCUT2D eigenvalue weighted by Gasteiger charge is 2.32. The molecule has 80 valence electrons. The maximum atomic E-state index is 10.8. The Labute approximate surface area is 97.0 Å². The zero-order chi connectivity index (χ0) is 10.4. The number of fused-ring (bicyclic) bond motifs is 1. The fraction of sp³-hybridized carbons (Fsp3) is 0.636. The van der Waals surface area contributed by atoms with Crippen molar-refractivity contribution in [3.63, 3.8) is 0 Å². The predicted molar refractivity (Wildman–Crippen MR) is 59.8 cm³/mol. The summed E-state index contributed by atoms with van der Waals surface area (Å²) in [6.45, 7) is 0.961. The van der Waals surface area contributed by atoms with Crippen molar-refractivity contribution in [2.45, 2.75) is 38.1 Å². The number of carbonyl (C=O) groups excluding carboxylic acids is 1. The summed E-state index contributed by atoms with van der Waals surface area (Å²) in [4.78, 5) is 15.4. The van der Waals surface area contributed by atoms with Crippen LogP contribution in [0.5, 0.6) is 0 Å². The maximum absolute atomic E-state index is 10.8. The normalized spacial score (nSPS) is 25.0. The molecule has 1 saturated carbocycles. The summed E-state index contributed by atoms with van der Waals surface area (Å²) in [7, 11) is 0. The third kappa shape index (κ3) is 1.55. The Morgan fingerprint density at radius 1 is 1.40 bits per heavy atom. The van der Waals surface area contributed by atoms with Crippen LogP contribution in [-0.4, -0.2) is 15.8 Å².